The normalized spacial score (nSPS) is 11.8. The van der Waals surface area contributed by atoms with Gasteiger partial charge in [-0.05, 0) is 31.0 Å². The number of phenolic OH excluding ortho intramolecular Hbond substituents is 2. The van der Waals surface area contributed by atoms with Crippen molar-refractivity contribution in [3.8, 4) is 11.5 Å². The van der Waals surface area contributed by atoms with Crippen LogP contribution in [0.25, 0.3) is 0 Å². The van der Waals surface area contributed by atoms with Gasteiger partial charge in [0.1, 0.15) is 16.4 Å². The van der Waals surface area contributed by atoms with E-state index in [1.54, 1.807) is 12.1 Å². The number of benzene rings is 2. The number of aromatic hydroxyl groups is 2. The monoisotopic (exact) mass is 306 g/mol. The topological polar surface area (TPSA) is 74.6 Å². The van der Waals surface area contributed by atoms with E-state index in [-0.39, 0.29) is 27.2 Å². The summed E-state index contributed by atoms with van der Waals surface area (Å²) in [6.07, 6.45) is 0. The molecular weight excluding hydrogens is 288 g/mol. The molecule has 2 aromatic carbocycles. The van der Waals surface area contributed by atoms with Gasteiger partial charge < -0.3 is 10.2 Å². The second-order valence-corrected chi connectivity index (χ2v) is 7.27. The Morgan fingerprint density at radius 2 is 1.52 bits per heavy atom. The van der Waals surface area contributed by atoms with Gasteiger partial charge >= 0.3 is 0 Å². The molecule has 5 heteroatoms. The number of hydrogen-bond acceptors (Lipinski definition) is 4. The average molecular weight is 306 g/mol. The van der Waals surface area contributed by atoms with Crippen molar-refractivity contribution in [1.82, 2.24) is 0 Å². The van der Waals surface area contributed by atoms with Gasteiger partial charge in [-0.2, -0.15) is 0 Å². The van der Waals surface area contributed by atoms with Gasteiger partial charge in [-0.25, -0.2) is 8.42 Å². The Kier molecular flexibility index (Phi) is 3.96. The number of hydrogen-bond donors (Lipinski definition) is 2. The summed E-state index contributed by atoms with van der Waals surface area (Å²) < 4.78 is 25.1. The second-order valence-electron chi connectivity index (χ2n) is 5.35. The highest BCUT2D eigenvalue weighted by molar-refractivity contribution is 7.91. The molecule has 0 aliphatic rings. The summed E-state index contributed by atoms with van der Waals surface area (Å²) in [4.78, 5) is -0.201. The highest BCUT2D eigenvalue weighted by Crippen LogP contribution is 2.36. The highest BCUT2D eigenvalue weighted by Gasteiger charge is 2.24. The van der Waals surface area contributed by atoms with Crippen molar-refractivity contribution >= 4 is 9.84 Å². The standard InChI is InChI=1S/C16H18O4S/c1-10(2)13-8-15(18)16(9-14(13)17)21(19,20)12-6-4-11(3)5-7-12/h4-10,17-18H,1-3H3. The van der Waals surface area contributed by atoms with Gasteiger partial charge in [0.25, 0.3) is 0 Å². The largest absolute Gasteiger partial charge is 0.508 e. The number of phenols is 2. The summed E-state index contributed by atoms with van der Waals surface area (Å²) >= 11 is 0. The third-order valence-corrected chi connectivity index (χ3v) is 5.15. The van der Waals surface area contributed by atoms with Crippen LogP contribution < -0.4 is 0 Å². The molecule has 0 aliphatic heterocycles. The molecule has 0 heterocycles. The van der Waals surface area contributed by atoms with Gasteiger partial charge in [0.2, 0.25) is 9.84 Å². The molecule has 2 rings (SSSR count). The molecule has 2 aromatic rings. The molecule has 0 aliphatic carbocycles. The molecule has 2 N–H and O–H groups in total. The van der Waals surface area contributed by atoms with Gasteiger partial charge in [-0.1, -0.05) is 31.5 Å². The lowest BCUT2D eigenvalue weighted by Crippen LogP contribution is -2.03. The summed E-state index contributed by atoms with van der Waals surface area (Å²) in [5.41, 5.74) is 1.45. The van der Waals surface area contributed by atoms with Crippen molar-refractivity contribution in [3.05, 3.63) is 47.5 Å². The van der Waals surface area contributed by atoms with Crippen LogP contribution in [0.4, 0.5) is 0 Å². The summed E-state index contributed by atoms with van der Waals surface area (Å²) in [5.74, 6) is -0.502. The lowest BCUT2D eigenvalue weighted by molar-refractivity contribution is 0.438. The molecule has 112 valence electrons. The number of aryl methyl sites for hydroxylation is 1. The van der Waals surface area contributed by atoms with E-state index in [9.17, 15) is 18.6 Å². The van der Waals surface area contributed by atoms with Gasteiger partial charge in [-0.3, -0.25) is 0 Å². The fourth-order valence-electron chi connectivity index (χ4n) is 2.10. The fraction of sp³-hybridized carbons (Fsp3) is 0.250. The zero-order valence-electron chi connectivity index (χ0n) is 12.2. The van der Waals surface area contributed by atoms with E-state index in [1.807, 2.05) is 20.8 Å². The fourth-order valence-corrected chi connectivity index (χ4v) is 3.45. The number of rotatable bonds is 3. The minimum absolute atomic E-state index is 0.0213. The third-order valence-electron chi connectivity index (χ3n) is 3.35. The molecule has 0 spiro atoms. The lowest BCUT2D eigenvalue weighted by atomic mass is 10.0. The quantitative estimate of drug-likeness (QED) is 0.853. The summed E-state index contributed by atoms with van der Waals surface area (Å²) in [6.45, 7) is 5.56. The van der Waals surface area contributed by atoms with Crippen LogP contribution in [0.2, 0.25) is 0 Å². The van der Waals surface area contributed by atoms with Crippen LogP contribution >= 0.6 is 0 Å². The molecule has 0 saturated heterocycles. The van der Waals surface area contributed by atoms with E-state index in [4.69, 9.17) is 0 Å². The van der Waals surface area contributed by atoms with E-state index in [0.29, 0.717) is 5.56 Å². The van der Waals surface area contributed by atoms with Crippen LogP contribution in [-0.2, 0) is 9.84 Å². The summed E-state index contributed by atoms with van der Waals surface area (Å²) in [6, 6.07) is 8.76. The van der Waals surface area contributed by atoms with E-state index in [1.165, 1.54) is 18.2 Å². The van der Waals surface area contributed by atoms with Crippen LogP contribution in [-0.4, -0.2) is 18.6 Å². The van der Waals surface area contributed by atoms with Crippen molar-refractivity contribution in [3.63, 3.8) is 0 Å². The Labute approximate surface area is 124 Å². The van der Waals surface area contributed by atoms with Gasteiger partial charge in [0, 0.05) is 11.6 Å². The van der Waals surface area contributed by atoms with Gasteiger partial charge in [-0.15, -0.1) is 0 Å². The van der Waals surface area contributed by atoms with Crippen LogP contribution in [0.15, 0.2) is 46.2 Å². The first kappa shape index (κ1) is 15.4. The molecule has 0 bridgehead atoms. The maximum Gasteiger partial charge on any atom is 0.210 e. The Bertz CT molecular complexity index is 760. The SMILES string of the molecule is Cc1ccc(S(=O)(=O)c2cc(O)c(C(C)C)cc2O)cc1. The zero-order chi connectivity index (χ0) is 15.8. The Morgan fingerprint density at radius 3 is 2.05 bits per heavy atom. The van der Waals surface area contributed by atoms with Crippen molar-refractivity contribution in [2.24, 2.45) is 0 Å². The molecular formula is C16H18O4S. The Hall–Kier alpha value is -2.01. The van der Waals surface area contributed by atoms with E-state index in [2.05, 4.69) is 0 Å². The molecule has 0 unspecified atom stereocenters. The molecule has 0 amide bonds. The zero-order valence-corrected chi connectivity index (χ0v) is 13.0. The maximum absolute atomic E-state index is 12.5. The molecule has 0 fully saturated rings. The van der Waals surface area contributed by atoms with Gasteiger partial charge in [0.15, 0.2) is 0 Å². The van der Waals surface area contributed by atoms with Crippen molar-refractivity contribution in [1.29, 1.82) is 0 Å². The molecule has 0 atom stereocenters. The van der Waals surface area contributed by atoms with Crippen LogP contribution in [0.1, 0.15) is 30.9 Å². The molecule has 21 heavy (non-hydrogen) atoms. The highest BCUT2D eigenvalue weighted by atomic mass is 32.2. The smallest absolute Gasteiger partial charge is 0.210 e. The maximum atomic E-state index is 12.5. The average Bonchev–Trinajstić information content (AvgIpc) is 2.41. The van der Waals surface area contributed by atoms with E-state index >= 15 is 0 Å². The van der Waals surface area contributed by atoms with Crippen molar-refractivity contribution in [2.45, 2.75) is 36.5 Å². The predicted octanol–water partition coefficient (Wildman–Crippen LogP) is 3.36. The Balaban J connectivity index is 2.60. The summed E-state index contributed by atoms with van der Waals surface area (Å²) in [5, 5.41) is 20.0. The van der Waals surface area contributed by atoms with Crippen LogP contribution in [0, 0.1) is 6.92 Å². The Morgan fingerprint density at radius 1 is 0.952 bits per heavy atom. The second kappa shape index (κ2) is 5.41. The molecule has 0 radical (unpaired) electrons. The van der Waals surface area contributed by atoms with E-state index < -0.39 is 9.84 Å². The lowest BCUT2D eigenvalue weighted by Gasteiger charge is -2.13. The van der Waals surface area contributed by atoms with Gasteiger partial charge in [0.05, 0.1) is 4.90 Å². The predicted molar refractivity (Wildman–Crippen MR) is 80.5 cm³/mol. The van der Waals surface area contributed by atoms with E-state index in [0.717, 1.165) is 11.6 Å². The molecule has 4 nitrogen and oxygen atoms in total. The minimum Gasteiger partial charge on any atom is -0.508 e. The molecule has 0 aromatic heterocycles. The molecule has 0 saturated carbocycles. The van der Waals surface area contributed by atoms with Crippen LogP contribution in [0.3, 0.4) is 0 Å². The first-order valence-corrected chi connectivity index (χ1v) is 8.09. The van der Waals surface area contributed by atoms with Crippen molar-refractivity contribution in [2.75, 3.05) is 0 Å². The summed E-state index contributed by atoms with van der Waals surface area (Å²) in [7, 11) is -3.86. The first-order chi connectivity index (χ1) is 9.73. The van der Waals surface area contributed by atoms with Crippen molar-refractivity contribution < 1.29 is 18.6 Å². The third kappa shape index (κ3) is 2.88. The first-order valence-electron chi connectivity index (χ1n) is 6.61. The van der Waals surface area contributed by atoms with Crippen LogP contribution in [0.5, 0.6) is 11.5 Å². The minimum atomic E-state index is -3.86. The number of sulfone groups is 1.